The third kappa shape index (κ3) is 3.16. The first-order chi connectivity index (χ1) is 10.3. The Morgan fingerprint density at radius 2 is 2.05 bits per heavy atom. The number of benzene rings is 1. The fourth-order valence-corrected chi connectivity index (χ4v) is 4.25. The zero-order valence-electron chi connectivity index (χ0n) is 12.8. The highest BCUT2D eigenvalue weighted by Gasteiger charge is 2.24. The highest BCUT2D eigenvalue weighted by molar-refractivity contribution is 7.11. The summed E-state index contributed by atoms with van der Waals surface area (Å²) in [4.78, 5) is 0. The number of hydrogen-bond acceptors (Lipinski definition) is 4. The first kappa shape index (κ1) is 14.7. The molecular formula is C17H23N3S. The van der Waals surface area contributed by atoms with Crippen molar-refractivity contribution in [1.82, 2.24) is 15.5 Å². The van der Waals surface area contributed by atoms with Gasteiger partial charge >= 0.3 is 0 Å². The number of rotatable bonds is 5. The molecule has 21 heavy (non-hydrogen) atoms. The zero-order valence-corrected chi connectivity index (χ0v) is 13.6. The van der Waals surface area contributed by atoms with Crippen LogP contribution in [0.1, 0.15) is 59.8 Å². The zero-order chi connectivity index (χ0) is 14.7. The minimum Gasteiger partial charge on any atom is -0.308 e. The van der Waals surface area contributed by atoms with Crippen LogP contribution in [0.4, 0.5) is 0 Å². The van der Waals surface area contributed by atoms with Crippen LogP contribution in [0.25, 0.3) is 0 Å². The van der Waals surface area contributed by atoms with E-state index in [1.54, 1.807) is 11.3 Å². The van der Waals surface area contributed by atoms with E-state index in [1.807, 2.05) is 0 Å². The molecule has 1 aromatic carbocycles. The quantitative estimate of drug-likeness (QED) is 0.911. The third-order valence-electron chi connectivity index (χ3n) is 4.31. The highest BCUT2D eigenvalue weighted by atomic mass is 32.1. The molecule has 0 radical (unpaired) electrons. The van der Waals surface area contributed by atoms with Crippen molar-refractivity contribution in [2.24, 2.45) is 0 Å². The average Bonchev–Trinajstić information content (AvgIpc) is 3.02. The van der Waals surface area contributed by atoms with Crippen LogP contribution < -0.4 is 5.32 Å². The minimum absolute atomic E-state index is 0.358. The molecule has 0 saturated heterocycles. The van der Waals surface area contributed by atoms with Crippen molar-refractivity contribution < 1.29 is 0 Å². The fourth-order valence-electron chi connectivity index (χ4n) is 3.11. The van der Waals surface area contributed by atoms with Gasteiger partial charge in [-0.2, -0.15) is 0 Å². The molecule has 0 amide bonds. The maximum atomic E-state index is 4.49. The number of nitrogens with one attached hydrogen (secondary N) is 1. The van der Waals surface area contributed by atoms with Crippen molar-refractivity contribution >= 4 is 11.3 Å². The normalized spacial score (nSPS) is 19.2. The van der Waals surface area contributed by atoms with Crippen LogP contribution in [-0.2, 0) is 12.8 Å². The third-order valence-corrected chi connectivity index (χ3v) is 5.51. The lowest BCUT2D eigenvalue weighted by atomic mass is 9.84. The summed E-state index contributed by atoms with van der Waals surface area (Å²) in [6, 6.07) is 9.17. The summed E-state index contributed by atoms with van der Waals surface area (Å²) in [6.45, 7) is 5.32. The van der Waals surface area contributed by atoms with Gasteiger partial charge in [0.25, 0.3) is 0 Å². The molecule has 0 bridgehead atoms. The molecule has 2 unspecified atom stereocenters. The van der Waals surface area contributed by atoms with Crippen LogP contribution in [-0.4, -0.2) is 16.7 Å². The number of hydrogen-bond donors (Lipinski definition) is 1. The monoisotopic (exact) mass is 301 g/mol. The van der Waals surface area contributed by atoms with E-state index in [0.717, 1.165) is 24.4 Å². The Balaban J connectivity index is 1.75. The Morgan fingerprint density at radius 1 is 1.24 bits per heavy atom. The van der Waals surface area contributed by atoms with Crippen molar-refractivity contribution in [3.8, 4) is 0 Å². The Morgan fingerprint density at radius 3 is 2.81 bits per heavy atom. The van der Waals surface area contributed by atoms with Gasteiger partial charge in [0, 0.05) is 5.92 Å². The topological polar surface area (TPSA) is 37.8 Å². The van der Waals surface area contributed by atoms with Crippen molar-refractivity contribution in [1.29, 1.82) is 0 Å². The SMILES string of the molecule is CCNC(CC)c1nnc(C2CCc3ccccc3C2)s1. The molecular weight excluding hydrogens is 278 g/mol. The van der Waals surface area contributed by atoms with Crippen LogP contribution >= 0.6 is 11.3 Å². The summed E-state index contributed by atoms with van der Waals surface area (Å²) >= 11 is 1.80. The molecule has 0 fully saturated rings. The Kier molecular flexibility index (Phi) is 4.66. The van der Waals surface area contributed by atoms with Gasteiger partial charge in [0.05, 0.1) is 6.04 Å². The molecule has 3 nitrogen and oxygen atoms in total. The number of fused-ring (bicyclic) bond motifs is 1. The molecule has 1 heterocycles. The summed E-state index contributed by atoms with van der Waals surface area (Å²) in [6.07, 6.45) is 4.54. The second kappa shape index (κ2) is 6.67. The molecule has 2 aromatic rings. The molecule has 4 heteroatoms. The Labute approximate surface area is 130 Å². The summed E-state index contributed by atoms with van der Waals surface area (Å²) in [5.41, 5.74) is 3.00. The van der Waals surface area contributed by atoms with Gasteiger partial charge in [-0.05, 0) is 43.4 Å². The van der Waals surface area contributed by atoms with Gasteiger partial charge in [-0.15, -0.1) is 10.2 Å². The van der Waals surface area contributed by atoms with Crippen LogP contribution in [0.3, 0.4) is 0 Å². The maximum absolute atomic E-state index is 4.49. The lowest BCUT2D eigenvalue weighted by molar-refractivity contribution is 0.529. The summed E-state index contributed by atoms with van der Waals surface area (Å²) in [5, 5.41) is 14.8. The number of nitrogens with zero attached hydrogens (tertiary/aromatic N) is 2. The highest BCUT2D eigenvalue weighted by Crippen LogP contribution is 2.35. The van der Waals surface area contributed by atoms with Crippen molar-refractivity contribution in [3.63, 3.8) is 0 Å². The van der Waals surface area contributed by atoms with E-state index in [1.165, 1.54) is 29.0 Å². The van der Waals surface area contributed by atoms with Crippen LogP contribution in [0.2, 0.25) is 0 Å². The summed E-state index contributed by atoms with van der Waals surface area (Å²) in [7, 11) is 0. The Hall–Kier alpha value is -1.26. The van der Waals surface area contributed by atoms with Crippen LogP contribution in [0.5, 0.6) is 0 Å². The van der Waals surface area contributed by atoms with E-state index in [0.29, 0.717) is 12.0 Å². The van der Waals surface area contributed by atoms with Gasteiger partial charge in [0.15, 0.2) is 0 Å². The number of aromatic nitrogens is 2. The van der Waals surface area contributed by atoms with Gasteiger partial charge in [0.2, 0.25) is 0 Å². The van der Waals surface area contributed by atoms with Gasteiger partial charge in [-0.1, -0.05) is 49.4 Å². The average molecular weight is 301 g/mol. The molecule has 2 atom stereocenters. The number of aryl methyl sites for hydroxylation is 1. The first-order valence-electron chi connectivity index (χ1n) is 7.95. The molecule has 112 valence electrons. The van der Waals surface area contributed by atoms with Gasteiger partial charge in [0.1, 0.15) is 10.0 Å². The van der Waals surface area contributed by atoms with E-state index in [4.69, 9.17) is 0 Å². The smallest absolute Gasteiger partial charge is 0.134 e. The lowest BCUT2D eigenvalue weighted by Gasteiger charge is -2.22. The van der Waals surface area contributed by atoms with E-state index < -0.39 is 0 Å². The first-order valence-corrected chi connectivity index (χ1v) is 8.76. The molecule has 0 saturated carbocycles. The lowest BCUT2D eigenvalue weighted by Crippen LogP contribution is -2.19. The van der Waals surface area contributed by atoms with E-state index in [2.05, 4.69) is 53.6 Å². The molecule has 1 N–H and O–H groups in total. The van der Waals surface area contributed by atoms with Gasteiger partial charge < -0.3 is 5.32 Å². The summed E-state index contributed by atoms with van der Waals surface area (Å²) in [5.74, 6) is 0.547. The standard InChI is InChI=1S/C17H23N3S/c1-3-15(18-4-2)17-20-19-16(21-17)14-10-9-12-7-5-6-8-13(12)11-14/h5-8,14-15,18H,3-4,9-11H2,1-2H3. The fraction of sp³-hybridized carbons (Fsp3) is 0.529. The molecule has 1 aliphatic rings. The van der Waals surface area contributed by atoms with E-state index >= 15 is 0 Å². The minimum atomic E-state index is 0.358. The van der Waals surface area contributed by atoms with Crippen LogP contribution in [0.15, 0.2) is 24.3 Å². The molecule has 0 spiro atoms. The maximum Gasteiger partial charge on any atom is 0.134 e. The predicted octanol–water partition coefficient (Wildman–Crippen LogP) is 3.87. The molecule has 3 rings (SSSR count). The molecule has 1 aliphatic carbocycles. The van der Waals surface area contributed by atoms with Crippen molar-refractivity contribution in [3.05, 3.63) is 45.4 Å². The predicted molar refractivity (Wildman–Crippen MR) is 87.8 cm³/mol. The van der Waals surface area contributed by atoms with Crippen molar-refractivity contribution in [2.45, 2.75) is 51.5 Å². The van der Waals surface area contributed by atoms with Crippen molar-refractivity contribution in [2.75, 3.05) is 6.54 Å². The summed E-state index contributed by atoms with van der Waals surface area (Å²) < 4.78 is 0. The molecule has 1 aromatic heterocycles. The second-order valence-corrected chi connectivity index (χ2v) is 6.75. The largest absolute Gasteiger partial charge is 0.308 e. The van der Waals surface area contributed by atoms with Crippen LogP contribution in [0, 0.1) is 0 Å². The van der Waals surface area contributed by atoms with Gasteiger partial charge in [-0.25, -0.2) is 0 Å². The van der Waals surface area contributed by atoms with Gasteiger partial charge in [-0.3, -0.25) is 0 Å². The Bertz CT molecular complexity index is 593. The second-order valence-electron chi connectivity index (χ2n) is 5.71. The van der Waals surface area contributed by atoms with E-state index in [9.17, 15) is 0 Å². The molecule has 0 aliphatic heterocycles. The van der Waals surface area contributed by atoms with E-state index in [-0.39, 0.29) is 0 Å².